The van der Waals surface area contributed by atoms with Crippen molar-refractivity contribution in [2.24, 2.45) is 0 Å². The van der Waals surface area contributed by atoms with Crippen LogP contribution in [0.4, 0.5) is 0 Å². The number of carboxylic acid groups (broad SMARTS) is 2. The van der Waals surface area contributed by atoms with E-state index in [1.165, 1.54) is 0 Å². The van der Waals surface area contributed by atoms with Gasteiger partial charge in [-0.05, 0) is 13.3 Å². The molecule has 19 heavy (non-hydrogen) atoms. The van der Waals surface area contributed by atoms with E-state index >= 15 is 0 Å². The summed E-state index contributed by atoms with van der Waals surface area (Å²) in [4.78, 5) is 28.0. The molecule has 1 unspecified atom stereocenters. The first-order valence-electron chi connectivity index (χ1n) is 5.51. The van der Waals surface area contributed by atoms with Crippen LogP contribution in [0.25, 0.3) is 0 Å². The molecule has 0 saturated heterocycles. The van der Waals surface area contributed by atoms with Gasteiger partial charge in [-0.1, -0.05) is 13.3 Å². The third-order valence-electron chi connectivity index (χ3n) is 1.41. The zero-order chi connectivity index (χ0) is 15.3. The van der Waals surface area contributed by atoms with Crippen LogP contribution in [0.2, 0.25) is 0 Å². The van der Waals surface area contributed by atoms with Crippen LogP contribution < -0.4 is 0 Å². The van der Waals surface area contributed by atoms with Gasteiger partial charge in [0.1, 0.15) is 0 Å². The van der Waals surface area contributed by atoms with Gasteiger partial charge >= 0.3 is 19.8 Å². The zero-order valence-corrected chi connectivity index (χ0v) is 11.7. The van der Waals surface area contributed by atoms with Gasteiger partial charge < -0.3 is 15.1 Å². The molecule has 0 aliphatic rings. The Balaban J connectivity index is 0. The Morgan fingerprint density at radius 2 is 1.58 bits per heavy atom. The summed E-state index contributed by atoms with van der Waals surface area (Å²) in [6, 6.07) is 0. The van der Waals surface area contributed by atoms with E-state index in [-0.39, 0.29) is 13.2 Å². The first kappa shape index (κ1) is 20.1. The fourth-order valence-corrected chi connectivity index (χ4v) is 1.43. The summed E-state index contributed by atoms with van der Waals surface area (Å²) >= 11 is 0. The van der Waals surface area contributed by atoms with Gasteiger partial charge in [-0.3, -0.25) is 9.05 Å². The van der Waals surface area contributed by atoms with Crippen molar-refractivity contribution in [3.63, 3.8) is 0 Å². The molecule has 0 aromatic carbocycles. The van der Waals surface area contributed by atoms with Crippen LogP contribution in [0, 0.1) is 0 Å². The third-order valence-corrected chi connectivity index (χ3v) is 2.51. The molecule has 1 atom stereocenters. The highest BCUT2D eigenvalue weighted by Crippen LogP contribution is 2.42. The molecule has 3 N–H and O–H groups in total. The number of hydrogen-bond acceptors (Lipinski definition) is 5. The van der Waals surface area contributed by atoms with Crippen LogP contribution in [0.3, 0.4) is 0 Å². The molecule has 0 aliphatic heterocycles. The Morgan fingerprint density at radius 1 is 1.11 bits per heavy atom. The molecular weight excluding hydrogens is 279 g/mol. The molecule has 0 bridgehead atoms. The minimum absolute atomic E-state index is 0.194. The largest absolute Gasteiger partial charge is 0.478 e. The molecular formula is C10H19O8P. The van der Waals surface area contributed by atoms with Gasteiger partial charge in [-0.2, -0.15) is 0 Å². The molecule has 0 radical (unpaired) electrons. The van der Waals surface area contributed by atoms with Crippen LogP contribution in [-0.4, -0.2) is 40.3 Å². The first-order chi connectivity index (χ1) is 8.75. The van der Waals surface area contributed by atoms with Crippen molar-refractivity contribution in [1.82, 2.24) is 0 Å². The first-order valence-corrected chi connectivity index (χ1v) is 7.00. The number of phosphoric ester groups is 1. The van der Waals surface area contributed by atoms with E-state index in [4.69, 9.17) is 15.1 Å². The summed E-state index contributed by atoms with van der Waals surface area (Å²) < 4.78 is 19.9. The van der Waals surface area contributed by atoms with Crippen molar-refractivity contribution in [2.45, 2.75) is 26.7 Å². The lowest BCUT2D eigenvalue weighted by Gasteiger charge is -2.09. The fraction of sp³-hybridized carbons (Fsp3) is 0.600. The summed E-state index contributed by atoms with van der Waals surface area (Å²) in [6.07, 6.45) is 2.83. The lowest BCUT2D eigenvalue weighted by atomic mass is 10.4. The lowest BCUT2D eigenvalue weighted by molar-refractivity contribution is -0.134. The summed E-state index contributed by atoms with van der Waals surface area (Å²) in [5.41, 5.74) is 0. The summed E-state index contributed by atoms with van der Waals surface area (Å²) in [6.45, 7) is 4.10. The highest BCUT2D eigenvalue weighted by Gasteiger charge is 2.18. The Labute approximate surface area is 111 Å². The molecule has 0 aromatic rings. The number of carboxylic acids is 2. The number of rotatable bonds is 8. The predicted octanol–water partition coefficient (Wildman–Crippen LogP) is 1.65. The van der Waals surface area contributed by atoms with Crippen molar-refractivity contribution in [3.05, 3.63) is 12.2 Å². The van der Waals surface area contributed by atoms with Gasteiger partial charge in [-0.15, -0.1) is 0 Å². The topological polar surface area (TPSA) is 130 Å². The van der Waals surface area contributed by atoms with Crippen molar-refractivity contribution in [3.8, 4) is 0 Å². The van der Waals surface area contributed by atoms with Crippen LogP contribution >= 0.6 is 7.82 Å². The number of phosphoric acid groups is 1. The second-order valence-corrected chi connectivity index (χ2v) is 4.54. The van der Waals surface area contributed by atoms with Crippen molar-refractivity contribution in [2.75, 3.05) is 13.2 Å². The predicted molar refractivity (Wildman–Crippen MR) is 66.7 cm³/mol. The summed E-state index contributed by atoms with van der Waals surface area (Å²) in [5.74, 6) is -2.51. The monoisotopic (exact) mass is 298 g/mol. The van der Waals surface area contributed by atoms with E-state index in [1.807, 2.05) is 6.92 Å². The average molecular weight is 298 g/mol. The van der Waals surface area contributed by atoms with Crippen molar-refractivity contribution in [1.29, 1.82) is 0 Å². The molecule has 0 rings (SSSR count). The SMILES string of the molecule is CCCCOP(=O)(O)OCC.O=C(O)/C=C\C(=O)O. The number of carbonyl (C=O) groups is 2. The Kier molecular flexibility index (Phi) is 12.6. The normalized spacial score (nSPS) is 13.4. The minimum atomic E-state index is -3.72. The smallest absolute Gasteiger partial charge is 0.472 e. The van der Waals surface area contributed by atoms with Crippen LogP contribution in [0.1, 0.15) is 26.7 Å². The second-order valence-electron chi connectivity index (χ2n) is 3.08. The van der Waals surface area contributed by atoms with E-state index in [0.717, 1.165) is 12.8 Å². The molecule has 0 aromatic heterocycles. The van der Waals surface area contributed by atoms with Gasteiger partial charge in [0, 0.05) is 12.2 Å². The maximum Gasteiger partial charge on any atom is 0.472 e. The quantitative estimate of drug-likeness (QED) is 0.350. The maximum atomic E-state index is 10.8. The van der Waals surface area contributed by atoms with E-state index in [2.05, 4.69) is 9.05 Å². The lowest BCUT2D eigenvalue weighted by Crippen LogP contribution is -1.96. The molecule has 0 spiro atoms. The fourth-order valence-electron chi connectivity index (χ4n) is 0.667. The van der Waals surface area contributed by atoms with Crippen molar-refractivity contribution >= 4 is 19.8 Å². The number of aliphatic carboxylic acids is 2. The van der Waals surface area contributed by atoms with Crippen molar-refractivity contribution < 1.29 is 38.3 Å². The molecule has 0 fully saturated rings. The van der Waals surface area contributed by atoms with Gasteiger partial charge in [0.05, 0.1) is 13.2 Å². The highest BCUT2D eigenvalue weighted by molar-refractivity contribution is 7.47. The minimum Gasteiger partial charge on any atom is -0.478 e. The van der Waals surface area contributed by atoms with E-state index in [0.29, 0.717) is 12.2 Å². The average Bonchev–Trinajstić information content (AvgIpc) is 2.27. The van der Waals surface area contributed by atoms with Crippen LogP contribution in [-0.2, 0) is 23.2 Å². The Bertz CT molecular complexity index is 322. The van der Waals surface area contributed by atoms with E-state index < -0.39 is 19.8 Å². The Morgan fingerprint density at radius 3 is 1.89 bits per heavy atom. The highest BCUT2D eigenvalue weighted by atomic mass is 31.2. The van der Waals surface area contributed by atoms with Crippen LogP contribution in [0.5, 0.6) is 0 Å². The van der Waals surface area contributed by atoms with Gasteiger partial charge in [0.25, 0.3) is 0 Å². The molecule has 0 aliphatic carbocycles. The number of hydrogen-bond donors (Lipinski definition) is 3. The van der Waals surface area contributed by atoms with Gasteiger partial charge in [-0.25, -0.2) is 14.2 Å². The molecule has 8 nitrogen and oxygen atoms in total. The zero-order valence-electron chi connectivity index (χ0n) is 10.8. The molecule has 9 heteroatoms. The van der Waals surface area contributed by atoms with Gasteiger partial charge in [0.15, 0.2) is 0 Å². The van der Waals surface area contributed by atoms with Gasteiger partial charge in [0.2, 0.25) is 0 Å². The van der Waals surface area contributed by atoms with E-state index in [1.54, 1.807) is 6.92 Å². The second kappa shape index (κ2) is 11.9. The molecule has 0 saturated carbocycles. The molecule has 112 valence electrons. The molecule has 0 amide bonds. The standard InChI is InChI=1S/C6H15O4P.C4H4O4/c1-3-5-6-10-11(7,8)9-4-2;5-3(6)1-2-4(7)8/h3-6H2,1-2H3,(H,7,8);1-2H,(H,5,6)(H,7,8)/b;2-1-. The third kappa shape index (κ3) is 19.3. The summed E-state index contributed by atoms with van der Waals surface area (Å²) in [7, 11) is -3.72. The van der Waals surface area contributed by atoms with E-state index in [9.17, 15) is 14.2 Å². The maximum absolute atomic E-state index is 10.8. The Hall–Kier alpha value is -1.21. The summed E-state index contributed by atoms with van der Waals surface area (Å²) in [5, 5.41) is 15.6. The number of unbranched alkanes of at least 4 members (excludes halogenated alkanes) is 1. The van der Waals surface area contributed by atoms with Crippen LogP contribution in [0.15, 0.2) is 12.2 Å². The molecule has 0 heterocycles.